The van der Waals surface area contributed by atoms with E-state index in [9.17, 15) is 9.59 Å². The highest BCUT2D eigenvalue weighted by atomic mass is 35.5. The molecule has 0 fully saturated rings. The number of rotatable bonds is 7. The highest BCUT2D eigenvalue weighted by Crippen LogP contribution is 2.30. The number of hydrogen-bond donors (Lipinski definition) is 1. The number of pyridine rings is 1. The van der Waals surface area contributed by atoms with Crippen molar-refractivity contribution in [2.45, 2.75) is 45.8 Å². The van der Waals surface area contributed by atoms with Crippen LogP contribution < -0.4 is 5.32 Å². The zero-order chi connectivity index (χ0) is 24.2. The molecule has 34 heavy (non-hydrogen) atoms. The molecule has 1 aliphatic heterocycles. The number of benzene rings is 2. The van der Waals surface area contributed by atoms with Gasteiger partial charge in [0, 0.05) is 41.2 Å². The smallest absolute Gasteiger partial charge is 0.340 e. The number of nitrogens with zero attached hydrogens (tertiary/aromatic N) is 2. The molecule has 6 nitrogen and oxygen atoms in total. The lowest BCUT2D eigenvalue weighted by molar-refractivity contribution is -0.124. The SMILES string of the molecule is CCCN1CCc2nc3ccccc3c(C(=O)OC(CC)C(=O)Nc3ccc(Cl)cc3Cl)c2C1. The van der Waals surface area contributed by atoms with Crippen molar-refractivity contribution in [3.63, 3.8) is 0 Å². The summed E-state index contributed by atoms with van der Waals surface area (Å²) < 4.78 is 5.79. The number of para-hydroxylation sites is 1. The summed E-state index contributed by atoms with van der Waals surface area (Å²) in [5, 5.41) is 4.26. The van der Waals surface area contributed by atoms with Crippen molar-refractivity contribution >= 4 is 51.7 Å². The molecule has 0 aliphatic carbocycles. The van der Waals surface area contributed by atoms with Crippen LogP contribution in [0.5, 0.6) is 0 Å². The fourth-order valence-electron chi connectivity index (χ4n) is 4.30. The molecule has 1 unspecified atom stereocenters. The number of amides is 1. The molecule has 1 aliphatic rings. The topological polar surface area (TPSA) is 71.5 Å². The minimum Gasteiger partial charge on any atom is -0.449 e. The molecule has 0 bridgehead atoms. The lowest BCUT2D eigenvalue weighted by atomic mass is 9.95. The molecular weight excluding hydrogens is 473 g/mol. The minimum absolute atomic E-state index is 0.312. The second kappa shape index (κ2) is 10.7. The summed E-state index contributed by atoms with van der Waals surface area (Å²) in [7, 11) is 0. The van der Waals surface area contributed by atoms with Gasteiger partial charge in [-0.3, -0.25) is 14.7 Å². The second-order valence-corrected chi connectivity index (χ2v) is 9.21. The Morgan fingerprint density at radius 2 is 1.97 bits per heavy atom. The van der Waals surface area contributed by atoms with Gasteiger partial charge in [0.15, 0.2) is 6.10 Å². The van der Waals surface area contributed by atoms with Crippen LogP contribution in [0.2, 0.25) is 10.0 Å². The van der Waals surface area contributed by atoms with Crippen molar-refractivity contribution in [1.82, 2.24) is 9.88 Å². The molecule has 1 N–H and O–H groups in total. The summed E-state index contributed by atoms with van der Waals surface area (Å²) in [4.78, 5) is 33.6. The van der Waals surface area contributed by atoms with Gasteiger partial charge >= 0.3 is 5.97 Å². The van der Waals surface area contributed by atoms with E-state index in [0.717, 1.165) is 48.1 Å². The number of ether oxygens (including phenoxy) is 1. The van der Waals surface area contributed by atoms with Gasteiger partial charge in [-0.15, -0.1) is 0 Å². The van der Waals surface area contributed by atoms with Crippen molar-refractivity contribution in [3.8, 4) is 0 Å². The summed E-state index contributed by atoms with van der Waals surface area (Å²) >= 11 is 12.1. The van der Waals surface area contributed by atoms with E-state index >= 15 is 0 Å². The molecule has 1 amide bonds. The molecule has 2 heterocycles. The molecule has 2 aromatic carbocycles. The third kappa shape index (κ3) is 5.19. The molecule has 178 valence electrons. The average Bonchev–Trinajstić information content (AvgIpc) is 2.82. The Hall–Kier alpha value is -2.67. The van der Waals surface area contributed by atoms with Gasteiger partial charge in [-0.05, 0) is 43.7 Å². The van der Waals surface area contributed by atoms with E-state index in [2.05, 4.69) is 17.1 Å². The Morgan fingerprint density at radius 3 is 2.71 bits per heavy atom. The zero-order valence-electron chi connectivity index (χ0n) is 19.2. The lowest BCUT2D eigenvalue weighted by Crippen LogP contribution is -2.35. The summed E-state index contributed by atoms with van der Waals surface area (Å²) in [6, 6.07) is 12.4. The fourth-order valence-corrected chi connectivity index (χ4v) is 4.76. The Bertz CT molecular complexity index is 1230. The van der Waals surface area contributed by atoms with Gasteiger partial charge in [0.2, 0.25) is 0 Å². The number of halogens is 2. The predicted molar refractivity (Wildman–Crippen MR) is 136 cm³/mol. The van der Waals surface area contributed by atoms with E-state index < -0.39 is 18.0 Å². The highest BCUT2D eigenvalue weighted by Gasteiger charge is 2.29. The molecule has 1 aromatic heterocycles. The van der Waals surface area contributed by atoms with Crippen LogP contribution in [0, 0.1) is 0 Å². The number of fused-ring (bicyclic) bond motifs is 2. The van der Waals surface area contributed by atoms with E-state index in [-0.39, 0.29) is 0 Å². The first kappa shape index (κ1) is 24.5. The molecule has 8 heteroatoms. The predicted octanol–water partition coefficient (Wildman–Crippen LogP) is 5.88. The van der Waals surface area contributed by atoms with Crippen molar-refractivity contribution in [2.75, 3.05) is 18.4 Å². The number of anilines is 1. The number of aromatic nitrogens is 1. The number of carbonyl (C=O) groups is 2. The van der Waals surface area contributed by atoms with Gasteiger partial charge in [0.05, 0.1) is 21.8 Å². The normalized spacial score (nSPS) is 14.5. The van der Waals surface area contributed by atoms with Crippen LogP contribution in [-0.2, 0) is 22.5 Å². The average molecular weight is 500 g/mol. The molecule has 0 saturated carbocycles. The summed E-state index contributed by atoms with van der Waals surface area (Å²) in [5.74, 6) is -0.961. The van der Waals surface area contributed by atoms with Crippen LogP contribution in [0.15, 0.2) is 42.5 Å². The van der Waals surface area contributed by atoms with Gasteiger partial charge in [-0.2, -0.15) is 0 Å². The van der Waals surface area contributed by atoms with Crippen LogP contribution in [-0.4, -0.2) is 41.0 Å². The van der Waals surface area contributed by atoms with E-state index in [1.165, 1.54) is 0 Å². The Labute approximate surface area is 209 Å². The molecule has 1 atom stereocenters. The van der Waals surface area contributed by atoms with E-state index in [0.29, 0.717) is 34.3 Å². The molecule has 4 rings (SSSR count). The van der Waals surface area contributed by atoms with Gasteiger partial charge in [-0.1, -0.05) is 55.2 Å². The Kier molecular flexibility index (Phi) is 7.71. The van der Waals surface area contributed by atoms with Crippen LogP contribution in [0.4, 0.5) is 5.69 Å². The largest absolute Gasteiger partial charge is 0.449 e. The second-order valence-electron chi connectivity index (χ2n) is 8.37. The molecule has 0 radical (unpaired) electrons. The van der Waals surface area contributed by atoms with E-state index in [4.69, 9.17) is 32.9 Å². The fraction of sp³-hybridized carbons (Fsp3) is 0.346. The maximum Gasteiger partial charge on any atom is 0.340 e. The number of hydrogen-bond acceptors (Lipinski definition) is 5. The van der Waals surface area contributed by atoms with Crippen molar-refractivity contribution in [2.24, 2.45) is 0 Å². The van der Waals surface area contributed by atoms with Crippen LogP contribution in [0.3, 0.4) is 0 Å². The van der Waals surface area contributed by atoms with Crippen molar-refractivity contribution < 1.29 is 14.3 Å². The highest BCUT2D eigenvalue weighted by molar-refractivity contribution is 6.36. The summed E-state index contributed by atoms with van der Waals surface area (Å²) in [5.41, 5.74) is 3.47. The third-order valence-corrected chi connectivity index (χ3v) is 6.52. The van der Waals surface area contributed by atoms with Crippen LogP contribution in [0.1, 0.15) is 48.3 Å². The maximum atomic E-state index is 13.5. The molecular formula is C26H27Cl2N3O3. The van der Waals surface area contributed by atoms with Gasteiger partial charge < -0.3 is 10.1 Å². The quantitative estimate of drug-likeness (QED) is 0.410. The Balaban J connectivity index is 1.63. The third-order valence-electron chi connectivity index (χ3n) is 5.97. The minimum atomic E-state index is -0.975. The first-order chi connectivity index (χ1) is 16.4. The van der Waals surface area contributed by atoms with Crippen LogP contribution in [0.25, 0.3) is 10.9 Å². The van der Waals surface area contributed by atoms with Crippen molar-refractivity contribution in [3.05, 3.63) is 69.3 Å². The zero-order valence-corrected chi connectivity index (χ0v) is 20.7. The summed E-state index contributed by atoms with van der Waals surface area (Å²) in [6.07, 6.45) is 1.14. The monoisotopic (exact) mass is 499 g/mol. The molecule has 0 saturated heterocycles. The van der Waals surface area contributed by atoms with Gasteiger partial charge in [0.1, 0.15) is 0 Å². The maximum absolute atomic E-state index is 13.5. The number of carbonyl (C=O) groups excluding carboxylic acids is 2. The van der Waals surface area contributed by atoms with Crippen molar-refractivity contribution in [1.29, 1.82) is 0 Å². The van der Waals surface area contributed by atoms with Crippen LogP contribution >= 0.6 is 23.2 Å². The number of nitrogens with one attached hydrogen (secondary N) is 1. The Morgan fingerprint density at radius 1 is 1.18 bits per heavy atom. The van der Waals surface area contributed by atoms with E-state index in [1.54, 1.807) is 25.1 Å². The van der Waals surface area contributed by atoms with Gasteiger partial charge in [-0.25, -0.2) is 4.79 Å². The summed E-state index contributed by atoms with van der Waals surface area (Å²) in [6.45, 7) is 6.42. The molecule has 3 aromatic rings. The van der Waals surface area contributed by atoms with Gasteiger partial charge in [0.25, 0.3) is 5.91 Å². The lowest BCUT2D eigenvalue weighted by Gasteiger charge is -2.30. The molecule has 0 spiro atoms. The first-order valence-electron chi connectivity index (χ1n) is 11.5. The first-order valence-corrected chi connectivity index (χ1v) is 12.3. The standard InChI is InChI=1S/C26H27Cl2N3O3/c1-3-12-31-13-11-21-18(15-31)24(17-7-5-6-8-20(17)29-21)26(33)34-23(4-2)25(32)30-22-10-9-16(27)14-19(22)28/h5-10,14,23H,3-4,11-13,15H2,1-2H3,(H,30,32). The number of esters is 1. The van der Waals surface area contributed by atoms with E-state index in [1.807, 2.05) is 24.3 Å².